The highest BCUT2D eigenvalue weighted by atomic mass is 16.5. The number of methoxy groups -OCH3 is 1. The van der Waals surface area contributed by atoms with E-state index in [1.54, 1.807) is 7.11 Å². The third-order valence-electron chi connectivity index (χ3n) is 3.66. The molecular formula is C15H23NO. The second-order valence-corrected chi connectivity index (χ2v) is 6.24. The zero-order chi connectivity index (χ0) is 12.8. The summed E-state index contributed by atoms with van der Waals surface area (Å²) >= 11 is 0. The van der Waals surface area contributed by atoms with Crippen molar-refractivity contribution in [1.29, 1.82) is 0 Å². The van der Waals surface area contributed by atoms with Crippen LogP contribution in [0, 0.1) is 6.92 Å². The molecule has 0 aromatic heterocycles. The Balaban J connectivity index is 2.65. The highest BCUT2D eigenvalue weighted by Gasteiger charge is 2.44. The third kappa shape index (κ3) is 2.06. The van der Waals surface area contributed by atoms with Crippen molar-refractivity contribution < 1.29 is 4.74 Å². The molecule has 0 heterocycles. The molecule has 1 aromatic rings. The van der Waals surface area contributed by atoms with Gasteiger partial charge in [0.25, 0.3) is 0 Å². The number of nitrogens with two attached hydrogens (primary N) is 1. The van der Waals surface area contributed by atoms with Gasteiger partial charge in [0.05, 0.1) is 7.11 Å². The molecule has 1 fully saturated rings. The summed E-state index contributed by atoms with van der Waals surface area (Å²) in [5, 5.41) is 0. The average Bonchev–Trinajstić information content (AvgIpc) is 2.94. The summed E-state index contributed by atoms with van der Waals surface area (Å²) in [6, 6.07) is 4.34. The van der Waals surface area contributed by atoms with E-state index in [0.717, 1.165) is 18.6 Å². The van der Waals surface area contributed by atoms with Gasteiger partial charge >= 0.3 is 0 Å². The minimum atomic E-state index is -0.142. The van der Waals surface area contributed by atoms with Gasteiger partial charge in [-0.15, -0.1) is 0 Å². The molecule has 2 rings (SSSR count). The van der Waals surface area contributed by atoms with Crippen molar-refractivity contribution >= 4 is 0 Å². The monoisotopic (exact) mass is 233 g/mol. The first-order valence-electron chi connectivity index (χ1n) is 6.27. The Labute approximate surface area is 104 Å². The minimum Gasteiger partial charge on any atom is -0.496 e. The number of ether oxygens (including phenoxy) is 1. The van der Waals surface area contributed by atoms with E-state index in [0.29, 0.717) is 0 Å². The lowest BCUT2D eigenvalue weighted by molar-refractivity contribution is 0.387. The van der Waals surface area contributed by atoms with Gasteiger partial charge < -0.3 is 10.5 Å². The first-order chi connectivity index (χ1) is 7.79. The zero-order valence-electron chi connectivity index (χ0n) is 11.6. The Hall–Kier alpha value is -1.02. The van der Waals surface area contributed by atoms with Gasteiger partial charge in [-0.1, -0.05) is 32.9 Å². The summed E-state index contributed by atoms with van der Waals surface area (Å²) in [4.78, 5) is 0. The Morgan fingerprint density at radius 1 is 1.24 bits per heavy atom. The van der Waals surface area contributed by atoms with Crippen molar-refractivity contribution in [3.8, 4) is 5.75 Å². The molecule has 17 heavy (non-hydrogen) atoms. The molecule has 2 heteroatoms. The molecular weight excluding hydrogens is 210 g/mol. The number of hydrogen-bond acceptors (Lipinski definition) is 2. The predicted octanol–water partition coefficient (Wildman–Crippen LogP) is 3.25. The smallest absolute Gasteiger partial charge is 0.127 e. The maximum absolute atomic E-state index is 6.38. The first-order valence-corrected chi connectivity index (χ1v) is 6.27. The molecule has 0 amide bonds. The van der Waals surface area contributed by atoms with Crippen molar-refractivity contribution in [2.75, 3.05) is 7.11 Å². The van der Waals surface area contributed by atoms with Crippen molar-refractivity contribution in [1.82, 2.24) is 0 Å². The second kappa shape index (κ2) is 3.74. The molecule has 2 N–H and O–H groups in total. The van der Waals surface area contributed by atoms with Crippen molar-refractivity contribution in [2.45, 2.75) is 51.5 Å². The van der Waals surface area contributed by atoms with E-state index in [1.807, 2.05) is 0 Å². The lowest BCUT2D eigenvalue weighted by Gasteiger charge is -2.27. The quantitative estimate of drug-likeness (QED) is 0.851. The summed E-state index contributed by atoms with van der Waals surface area (Å²) in [7, 11) is 1.75. The number of rotatable bonds is 2. The summed E-state index contributed by atoms with van der Waals surface area (Å²) in [6.07, 6.45) is 2.13. The van der Waals surface area contributed by atoms with Gasteiger partial charge in [0, 0.05) is 11.1 Å². The fraction of sp³-hybridized carbons (Fsp3) is 0.600. The number of hydrogen-bond donors (Lipinski definition) is 1. The van der Waals surface area contributed by atoms with Crippen LogP contribution >= 0.6 is 0 Å². The van der Waals surface area contributed by atoms with Crippen LogP contribution in [0.3, 0.4) is 0 Å². The van der Waals surface area contributed by atoms with Crippen LogP contribution in [-0.4, -0.2) is 7.11 Å². The van der Waals surface area contributed by atoms with Gasteiger partial charge in [0.2, 0.25) is 0 Å². The van der Waals surface area contributed by atoms with Crippen LogP contribution in [0.1, 0.15) is 50.3 Å². The normalized spacial score (nSPS) is 18.0. The van der Waals surface area contributed by atoms with E-state index in [4.69, 9.17) is 10.5 Å². The molecule has 0 aliphatic heterocycles. The molecule has 0 bridgehead atoms. The molecule has 1 aliphatic rings. The number of benzene rings is 1. The molecule has 0 spiro atoms. The lowest BCUT2D eigenvalue weighted by Crippen LogP contribution is -2.23. The van der Waals surface area contributed by atoms with Crippen LogP contribution < -0.4 is 10.5 Å². The molecule has 0 radical (unpaired) electrons. The third-order valence-corrected chi connectivity index (χ3v) is 3.66. The Morgan fingerprint density at radius 2 is 1.82 bits per heavy atom. The SMILES string of the molecule is COc1c(C(C)(C)C)ccc(C)c1C1(N)CC1. The first kappa shape index (κ1) is 12.4. The van der Waals surface area contributed by atoms with E-state index in [9.17, 15) is 0 Å². The van der Waals surface area contributed by atoms with E-state index >= 15 is 0 Å². The lowest BCUT2D eigenvalue weighted by atomic mass is 9.82. The van der Waals surface area contributed by atoms with Crippen LogP contribution in [0.2, 0.25) is 0 Å². The van der Waals surface area contributed by atoms with Gasteiger partial charge in [-0.25, -0.2) is 0 Å². The standard InChI is InChI=1S/C15H23NO/c1-10-6-7-11(14(2,3)4)13(17-5)12(10)15(16)8-9-15/h6-7H,8-9,16H2,1-5H3. The largest absolute Gasteiger partial charge is 0.496 e. The molecule has 0 saturated heterocycles. The van der Waals surface area contributed by atoms with E-state index in [-0.39, 0.29) is 11.0 Å². The molecule has 0 unspecified atom stereocenters. The van der Waals surface area contributed by atoms with E-state index < -0.39 is 0 Å². The topological polar surface area (TPSA) is 35.2 Å². The fourth-order valence-corrected chi connectivity index (χ4v) is 2.49. The van der Waals surface area contributed by atoms with Crippen LogP contribution in [-0.2, 0) is 11.0 Å². The second-order valence-electron chi connectivity index (χ2n) is 6.24. The molecule has 2 nitrogen and oxygen atoms in total. The van der Waals surface area contributed by atoms with E-state index in [1.165, 1.54) is 16.7 Å². The predicted molar refractivity (Wildman–Crippen MR) is 71.5 cm³/mol. The Kier molecular flexibility index (Phi) is 2.74. The minimum absolute atomic E-state index is 0.0824. The van der Waals surface area contributed by atoms with Crippen LogP contribution in [0.4, 0.5) is 0 Å². The van der Waals surface area contributed by atoms with Gasteiger partial charge in [0.15, 0.2) is 0 Å². The summed E-state index contributed by atoms with van der Waals surface area (Å²) in [5.41, 5.74) is 10.0. The van der Waals surface area contributed by atoms with Crippen LogP contribution in [0.5, 0.6) is 5.75 Å². The molecule has 94 valence electrons. The molecule has 1 aromatic carbocycles. The summed E-state index contributed by atoms with van der Waals surface area (Å²) < 4.78 is 5.67. The summed E-state index contributed by atoms with van der Waals surface area (Å²) in [6.45, 7) is 8.75. The zero-order valence-corrected chi connectivity index (χ0v) is 11.6. The van der Waals surface area contributed by atoms with Crippen molar-refractivity contribution in [3.05, 3.63) is 28.8 Å². The van der Waals surface area contributed by atoms with Crippen LogP contribution in [0.25, 0.3) is 0 Å². The molecule has 1 aliphatic carbocycles. The van der Waals surface area contributed by atoms with Gasteiger partial charge in [0.1, 0.15) is 5.75 Å². The maximum Gasteiger partial charge on any atom is 0.127 e. The number of aryl methyl sites for hydroxylation is 1. The van der Waals surface area contributed by atoms with Gasteiger partial charge in [-0.3, -0.25) is 0 Å². The van der Waals surface area contributed by atoms with E-state index in [2.05, 4.69) is 39.8 Å². The molecule has 0 atom stereocenters. The average molecular weight is 233 g/mol. The van der Waals surface area contributed by atoms with Crippen LogP contribution in [0.15, 0.2) is 12.1 Å². The van der Waals surface area contributed by atoms with Crippen molar-refractivity contribution in [3.63, 3.8) is 0 Å². The Bertz CT molecular complexity index is 439. The maximum atomic E-state index is 6.38. The summed E-state index contributed by atoms with van der Waals surface area (Å²) in [5.74, 6) is 0.998. The molecule has 1 saturated carbocycles. The van der Waals surface area contributed by atoms with Gasteiger partial charge in [-0.05, 0) is 36.3 Å². The fourth-order valence-electron chi connectivity index (χ4n) is 2.49. The highest BCUT2D eigenvalue weighted by molar-refractivity contribution is 5.54. The van der Waals surface area contributed by atoms with Crippen molar-refractivity contribution in [2.24, 2.45) is 5.73 Å². The van der Waals surface area contributed by atoms with Gasteiger partial charge in [-0.2, -0.15) is 0 Å². The Morgan fingerprint density at radius 3 is 2.24 bits per heavy atom. The highest BCUT2D eigenvalue weighted by Crippen LogP contribution is 2.50.